The Morgan fingerprint density at radius 2 is 2.33 bits per heavy atom. The van der Waals surface area contributed by atoms with Crippen molar-refractivity contribution in [2.45, 2.75) is 18.7 Å². The number of sulfonamides is 1. The minimum atomic E-state index is -3.83. The van der Waals surface area contributed by atoms with Crippen molar-refractivity contribution < 1.29 is 22.7 Å². The molecule has 1 heterocycles. The Balaban J connectivity index is 2.62. The Hall–Kier alpha value is -1.34. The standard InChI is InChI=1S/C8H11NO5S/c1-6(8(10)11)15(12,13)9-4-7-2-3-14-5-7/h2-3,5-6,9H,4H2,1H3,(H,10,11). The maximum atomic E-state index is 11.3. The van der Waals surface area contributed by atoms with Gasteiger partial charge in [0, 0.05) is 12.1 Å². The summed E-state index contributed by atoms with van der Waals surface area (Å²) in [6.07, 6.45) is 2.79. The van der Waals surface area contributed by atoms with E-state index in [1.165, 1.54) is 12.5 Å². The van der Waals surface area contributed by atoms with Gasteiger partial charge in [-0.15, -0.1) is 0 Å². The van der Waals surface area contributed by atoms with Crippen LogP contribution < -0.4 is 4.72 Å². The van der Waals surface area contributed by atoms with Gasteiger partial charge in [-0.1, -0.05) is 0 Å². The molecule has 15 heavy (non-hydrogen) atoms. The van der Waals surface area contributed by atoms with Crippen LogP contribution in [0.4, 0.5) is 0 Å². The lowest BCUT2D eigenvalue weighted by molar-refractivity contribution is -0.136. The summed E-state index contributed by atoms with van der Waals surface area (Å²) in [5.41, 5.74) is 0.635. The van der Waals surface area contributed by atoms with Crippen LogP contribution >= 0.6 is 0 Å². The molecular weight excluding hydrogens is 222 g/mol. The van der Waals surface area contributed by atoms with E-state index in [1.807, 2.05) is 0 Å². The molecule has 1 unspecified atom stereocenters. The maximum absolute atomic E-state index is 11.3. The highest BCUT2D eigenvalue weighted by atomic mass is 32.2. The number of hydrogen-bond donors (Lipinski definition) is 2. The van der Waals surface area contributed by atoms with Crippen LogP contribution in [0.5, 0.6) is 0 Å². The number of nitrogens with one attached hydrogen (secondary N) is 1. The Labute approximate surface area is 87.0 Å². The lowest BCUT2D eigenvalue weighted by Crippen LogP contribution is -2.36. The molecule has 2 N–H and O–H groups in total. The highest BCUT2D eigenvalue weighted by Crippen LogP contribution is 2.03. The molecule has 1 rings (SSSR count). The summed E-state index contributed by atoms with van der Waals surface area (Å²) in [7, 11) is -3.83. The molecule has 7 heteroatoms. The molecule has 84 valence electrons. The second-order valence-corrected chi connectivity index (χ2v) is 5.06. The highest BCUT2D eigenvalue weighted by molar-refractivity contribution is 7.90. The van der Waals surface area contributed by atoms with E-state index in [2.05, 4.69) is 4.72 Å². The molecular formula is C8H11NO5S. The maximum Gasteiger partial charge on any atom is 0.323 e. The fourth-order valence-electron chi connectivity index (χ4n) is 0.835. The van der Waals surface area contributed by atoms with Crippen molar-refractivity contribution in [3.8, 4) is 0 Å². The first-order chi connectivity index (χ1) is 6.93. The lowest BCUT2D eigenvalue weighted by Gasteiger charge is -2.08. The van der Waals surface area contributed by atoms with E-state index in [4.69, 9.17) is 9.52 Å². The molecule has 0 saturated carbocycles. The topological polar surface area (TPSA) is 96.6 Å². The quantitative estimate of drug-likeness (QED) is 0.755. The molecule has 0 spiro atoms. The van der Waals surface area contributed by atoms with Gasteiger partial charge >= 0.3 is 5.97 Å². The van der Waals surface area contributed by atoms with Gasteiger partial charge in [0.1, 0.15) is 0 Å². The van der Waals surface area contributed by atoms with E-state index in [9.17, 15) is 13.2 Å². The fraction of sp³-hybridized carbons (Fsp3) is 0.375. The molecule has 0 aliphatic rings. The van der Waals surface area contributed by atoms with E-state index in [0.29, 0.717) is 5.56 Å². The van der Waals surface area contributed by atoms with E-state index in [0.717, 1.165) is 6.92 Å². The second-order valence-electron chi connectivity index (χ2n) is 2.98. The lowest BCUT2D eigenvalue weighted by atomic mass is 10.4. The summed E-state index contributed by atoms with van der Waals surface area (Å²) in [5, 5.41) is 7.07. The molecule has 0 aromatic carbocycles. The largest absolute Gasteiger partial charge is 0.480 e. The molecule has 1 aromatic rings. The number of furan rings is 1. The summed E-state index contributed by atoms with van der Waals surface area (Å²) in [6, 6.07) is 1.59. The smallest absolute Gasteiger partial charge is 0.323 e. The van der Waals surface area contributed by atoms with Gasteiger partial charge < -0.3 is 9.52 Å². The van der Waals surface area contributed by atoms with Crippen molar-refractivity contribution in [2.75, 3.05) is 0 Å². The predicted octanol–water partition coefficient (Wildman–Crippen LogP) is 0.172. The average Bonchev–Trinajstić information content (AvgIpc) is 2.66. The van der Waals surface area contributed by atoms with Crippen molar-refractivity contribution in [3.05, 3.63) is 24.2 Å². The van der Waals surface area contributed by atoms with Crippen LogP contribution in [0.3, 0.4) is 0 Å². The molecule has 0 aliphatic heterocycles. The number of carboxylic acid groups (broad SMARTS) is 1. The predicted molar refractivity (Wildman–Crippen MR) is 51.6 cm³/mol. The summed E-state index contributed by atoms with van der Waals surface area (Å²) in [6.45, 7) is 1.14. The first-order valence-electron chi connectivity index (χ1n) is 4.16. The van der Waals surface area contributed by atoms with Crippen LogP contribution in [0.25, 0.3) is 0 Å². The second kappa shape index (κ2) is 4.45. The molecule has 0 amide bonds. The van der Waals surface area contributed by atoms with Gasteiger partial charge in [-0.2, -0.15) is 0 Å². The van der Waals surface area contributed by atoms with E-state index in [1.54, 1.807) is 6.07 Å². The summed E-state index contributed by atoms with van der Waals surface area (Å²) in [4.78, 5) is 10.5. The normalized spacial score (nSPS) is 13.7. The van der Waals surface area contributed by atoms with Crippen molar-refractivity contribution in [1.29, 1.82) is 0 Å². The van der Waals surface area contributed by atoms with Gasteiger partial charge in [0.05, 0.1) is 12.5 Å². The Morgan fingerprint density at radius 1 is 1.67 bits per heavy atom. The minimum Gasteiger partial charge on any atom is -0.480 e. The SMILES string of the molecule is CC(C(=O)O)S(=O)(=O)NCc1ccoc1. The number of hydrogen-bond acceptors (Lipinski definition) is 4. The summed E-state index contributed by atoms with van der Waals surface area (Å²) < 4.78 is 29.6. The van der Waals surface area contributed by atoms with Gasteiger partial charge in [-0.25, -0.2) is 13.1 Å². The molecule has 0 bridgehead atoms. The molecule has 1 aromatic heterocycles. The van der Waals surface area contributed by atoms with Gasteiger partial charge in [-0.05, 0) is 13.0 Å². The molecule has 0 saturated heterocycles. The third-order valence-corrected chi connectivity index (χ3v) is 3.55. The highest BCUT2D eigenvalue weighted by Gasteiger charge is 2.26. The molecule has 6 nitrogen and oxygen atoms in total. The van der Waals surface area contributed by atoms with Gasteiger partial charge in [-0.3, -0.25) is 4.79 Å². The van der Waals surface area contributed by atoms with Crippen LogP contribution in [0, 0.1) is 0 Å². The number of carbonyl (C=O) groups is 1. The Bertz CT molecular complexity index is 422. The summed E-state index contributed by atoms with van der Waals surface area (Å²) in [5.74, 6) is -1.38. The molecule has 0 fully saturated rings. The number of aliphatic carboxylic acids is 1. The van der Waals surface area contributed by atoms with Crippen LogP contribution in [0.1, 0.15) is 12.5 Å². The zero-order valence-electron chi connectivity index (χ0n) is 8.00. The van der Waals surface area contributed by atoms with E-state index >= 15 is 0 Å². The molecule has 0 radical (unpaired) electrons. The number of rotatable bonds is 5. The first kappa shape index (κ1) is 11.7. The van der Waals surface area contributed by atoms with Crippen LogP contribution in [0.15, 0.2) is 23.0 Å². The zero-order chi connectivity index (χ0) is 11.5. The van der Waals surface area contributed by atoms with Crippen LogP contribution in [-0.2, 0) is 21.4 Å². The minimum absolute atomic E-state index is 0.0243. The van der Waals surface area contributed by atoms with Crippen molar-refractivity contribution in [3.63, 3.8) is 0 Å². The summed E-state index contributed by atoms with van der Waals surface area (Å²) >= 11 is 0. The van der Waals surface area contributed by atoms with Crippen LogP contribution in [-0.4, -0.2) is 24.7 Å². The van der Waals surface area contributed by atoms with Crippen molar-refractivity contribution in [1.82, 2.24) is 4.72 Å². The third kappa shape index (κ3) is 3.07. The van der Waals surface area contributed by atoms with Gasteiger partial charge in [0.25, 0.3) is 0 Å². The van der Waals surface area contributed by atoms with Gasteiger partial charge in [0.15, 0.2) is 5.25 Å². The fourth-order valence-corrected chi connectivity index (χ4v) is 1.72. The first-order valence-corrected chi connectivity index (χ1v) is 5.70. The van der Waals surface area contributed by atoms with Gasteiger partial charge in [0.2, 0.25) is 10.0 Å². The molecule has 1 atom stereocenters. The zero-order valence-corrected chi connectivity index (χ0v) is 8.82. The Kier molecular flexibility index (Phi) is 3.48. The third-order valence-electron chi connectivity index (χ3n) is 1.87. The van der Waals surface area contributed by atoms with E-state index in [-0.39, 0.29) is 6.54 Å². The molecule has 0 aliphatic carbocycles. The van der Waals surface area contributed by atoms with Crippen molar-refractivity contribution >= 4 is 16.0 Å². The Morgan fingerprint density at radius 3 is 2.80 bits per heavy atom. The monoisotopic (exact) mass is 233 g/mol. The van der Waals surface area contributed by atoms with E-state index < -0.39 is 21.2 Å². The van der Waals surface area contributed by atoms with Crippen LogP contribution in [0.2, 0.25) is 0 Å². The van der Waals surface area contributed by atoms with Crippen molar-refractivity contribution in [2.24, 2.45) is 0 Å². The average molecular weight is 233 g/mol. The number of carboxylic acids is 1.